The van der Waals surface area contributed by atoms with Crippen molar-refractivity contribution in [3.63, 3.8) is 0 Å². The standard InChI is InChI=1S/C13H22N2/c1-4-8-15-9-6-12-11(5-7-14-12)13(15)10(2)3/h5,7,10,13-14H,4,6,8-9H2,1-3H3/t13-/m1/s1. The van der Waals surface area contributed by atoms with E-state index >= 15 is 0 Å². The molecule has 1 aliphatic heterocycles. The van der Waals surface area contributed by atoms with E-state index in [4.69, 9.17) is 0 Å². The molecule has 0 aliphatic carbocycles. The summed E-state index contributed by atoms with van der Waals surface area (Å²) in [6.07, 6.45) is 4.53. The van der Waals surface area contributed by atoms with Crippen LogP contribution < -0.4 is 0 Å². The van der Waals surface area contributed by atoms with Crippen molar-refractivity contribution < 1.29 is 0 Å². The van der Waals surface area contributed by atoms with Crippen LogP contribution in [0.5, 0.6) is 0 Å². The minimum atomic E-state index is 0.625. The molecule has 1 aliphatic rings. The van der Waals surface area contributed by atoms with E-state index in [-0.39, 0.29) is 0 Å². The van der Waals surface area contributed by atoms with E-state index in [0.717, 1.165) is 0 Å². The maximum atomic E-state index is 3.38. The fourth-order valence-electron chi connectivity index (χ4n) is 2.82. The minimum Gasteiger partial charge on any atom is -0.365 e. The van der Waals surface area contributed by atoms with Crippen LogP contribution in [0.2, 0.25) is 0 Å². The lowest BCUT2D eigenvalue weighted by atomic mass is 9.90. The van der Waals surface area contributed by atoms with Gasteiger partial charge >= 0.3 is 0 Å². The van der Waals surface area contributed by atoms with Crippen molar-refractivity contribution in [2.45, 2.75) is 39.7 Å². The van der Waals surface area contributed by atoms with Gasteiger partial charge in [-0.15, -0.1) is 0 Å². The highest BCUT2D eigenvalue weighted by molar-refractivity contribution is 5.27. The molecule has 0 radical (unpaired) electrons. The molecule has 1 aromatic heterocycles. The van der Waals surface area contributed by atoms with Gasteiger partial charge in [0.15, 0.2) is 0 Å². The smallest absolute Gasteiger partial charge is 0.0388 e. The Labute approximate surface area is 92.7 Å². The number of hydrogen-bond acceptors (Lipinski definition) is 1. The Balaban J connectivity index is 2.26. The van der Waals surface area contributed by atoms with Crippen LogP contribution in [-0.2, 0) is 6.42 Å². The average Bonchev–Trinajstić information content (AvgIpc) is 2.64. The number of aromatic nitrogens is 1. The van der Waals surface area contributed by atoms with Gasteiger partial charge in [-0.05, 0) is 30.5 Å². The maximum Gasteiger partial charge on any atom is 0.0388 e. The zero-order valence-electron chi connectivity index (χ0n) is 10.1. The first-order chi connectivity index (χ1) is 7.24. The number of fused-ring (bicyclic) bond motifs is 1. The first-order valence-electron chi connectivity index (χ1n) is 6.14. The Hall–Kier alpha value is -0.760. The van der Waals surface area contributed by atoms with Gasteiger partial charge in [0.05, 0.1) is 0 Å². The molecule has 0 bridgehead atoms. The van der Waals surface area contributed by atoms with Crippen LogP contribution in [-0.4, -0.2) is 23.0 Å². The highest BCUT2D eigenvalue weighted by Gasteiger charge is 2.29. The molecular weight excluding hydrogens is 184 g/mol. The number of H-pyrrole nitrogens is 1. The van der Waals surface area contributed by atoms with Crippen LogP contribution >= 0.6 is 0 Å². The lowest BCUT2D eigenvalue weighted by Gasteiger charge is -2.38. The number of rotatable bonds is 3. The van der Waals surface area contributed by atoms with E-state index in [1.165, 1.54) is 37.2 Å². The van der Waals surface area contributed by atoms with Crippen molar-refractivity contribution >= 4 is 0 Å². The fourth-order valence-corrected chi connectivity index (χ4v) is 2.82. The summed E-state index contributed by atoms with van der Waals surface area (Å²) in [4.78, 5) is 6.02. The lowest BCUT2D eigenvalue weighted by Crippen LogP contribution is -2.38. The van der Waals surface area contributed by atoms with E-state index < -0.39 is 0 Å². The second kappa shape index (κ2) is 4.40. The second-order valence-electron chi connectivity index (χ2n) is 4.89. The van der Waals surface area contributed by atoms with Gasteiger partial charge in [-0.25, -0.2) is 0 Å². The average molecular weight is 206 g/mol. The third-order valence-corrected chi connectivity index (χ3v) is 3.37. The molecule has 0 saturated heterocycles. The topological polar surface area (TPSA) is 19.0 Å². The summed E-state index contributed by atoms with van der Waals surface area (Å²) in [6, 6.07) is 2.89. The molecule has 0 spiro atoms. The first-order valence-corrected chi connectivity index (χ1v) is 6.14. The molecule has 1 N–H and O–H groups in total. The Morgan fingerprint density at radius 2 is 2.33 bits per heavy atom. The monoisotopic (exact) mass is 206 g/mol. The predicted octanol–water partition coefficient (Wildman–Crippen LogP) is 2.98. The van der Waals surface area contributed by atoms with Crippen LogP contribution in [0, 0.1) is 5.92 Å². The summed E-state index contributed by atoms with van der Waals surface area (Å²) in [5.74, 6) is 0.700. The highest BCUT2D eigenvalue weighted by Crippen LogP contribution is 2.34. The third-order valence-electron chi connectivity index (χ3n) is 3.37. The normalized spacial score (nSPS) is 22.0. The zero-order chi connectivity index (χ0) is 10.8. The number of nitrogens with zero attached hydrogens (tertiary/aromatic N) is 1. The Morgan fingerprint density at radius 3 is 3.00 bits per heavy atom. The van der Waals surface area contributed by atoms with E-state index in [1.54, 1.807) is 0 Å². The SMILES string of the molecule is CCCN1CCc2[nH]ccc2[C@H]1C(C)C. The number of hydrogen-bond donors (Lipinski definition) is 1. The van der Waals surface area contributed by atoms with E-state index in [2.05, 4.69) is 42.9 Å². The molecular formula is C13H22N2. The quantitative estimate of drug-likeness (QED) is 0.805. The molecule has 0 saturated carbocycles. The summed E-state index contributed by atoms with van der Waals surface area (Å²) in [7, 11) is 0. The van der Waals surface area contributed by atoms with E-state index in [9.17, 15) is 0 Å². The van der Waals surface area contributed by atoms with Crippen molar-refractivity contribution in [2.24, 2.45) is 5.92 Å². The highest BCUT2D eigenvalue weighted by atomic mass is 15.2. The first kappa shape index (κ1) is 10.7. The van der Waals surface area contributed by atoms with Gasteiger partial charge in [-0.2, -0.15) is 0 Å². The maximum absolute atomic E-state index is 3.38. The van der Waals surface area contributed by atoms with E-state index in [1.807, 2.05) is 0 Å². The van der Waals surface area contributed by atoms with Gasteiger partial charge in [-0.3, -0.25) is 4.90 Å². The molecule has 2 rings (SSSR count). The van der Waals surface area contributed by atoms with Crippen molar-refractivity contribution in [3.05, 3.63) is 23.5 Å². The molecule has 1 atom stereocenters. The summed E-state index contributed by atoms with van der Waals surface area (Å²) in [5, 5.41) is 0. The Morgan fingerprint density at radius 1 is 1.53 bits per heavy atom. The van der Waals surface area contributed by atoms with Gasteiger partial charge in [0.25, 0.3) is 0 Å². The molecule has 15 heavy (non-hydrogen) atoms. The largest absolute Gasteiger partial charge is 0.365 e. The van der Waals surface area contributed by atoms with Crippen LogP contribution in [0.25, 0.3) is 0 Å². The van der Waals surface area contributed by atoms with Crippen LogP contribution in [0.4, 0.5) is 0 Å². The number of aromatic amines is 1. The lowest BCUT2D eigenvalue weighted by molar-refractivity contribution is 0.144. The van der Waals surface area contributed by atoms with Crippen LogP contribution in [0.15, 0.2) is 12.3 Å². The van der Waals surface area contributed by atoms with Crippen LogP contribution in [0.3, 0.4) is 0 Å². The van der Waals surface area contributed by atoms with Gasteiger partial charge in [-0.1, -0.05) is 20.8 Å². The second-order valence-corrected chi connectivity index (χ2v) is 4.89. The Bertz CT molecular complexity index is 314. The number of nitrogens with one attached hydrogen (secondary N) is 1. The van der Waals surface area contributed by atoms with Gasteiger partial charge in [0.1, 0.15) is 0 Å². The third kappa shape index (κ3) is 1.96. The zero-order valence-corrected chi connectivity index (χ0v) is 10.1. The van der Waals surface area contributed by atoms with Crippen LogP contribution in [0.1, 0.15) is 44.5 Å². The van der Waals surface area contributed by atoms with Gasteiger partial charge < -0.3 is 4.98 Å². The Kier molecular flexibility index (Phi) is 3.15. The van der Waals surface area contributed by atoms with Crippen molar-refractivity contribution in [3.8, 4) is 0 Å². The van der Waals surface area contributed by atoms with Crippen molar-refractivity contribution in [1.29, 1.82) is 0 Å². The van der Waals surface area contributed by atoms with Gasteiger partial charge in [0, 0.05) is 30.9 Å². The molecule has 1 aromatic rings. The van der Waals surface area contributed by atoms with Gasteiger partial charge in [0.2, 0.25) is 0 Å². The summed E-state index contributed by atoms with van der Waals surface area (Å²) >= 11 is 0. The molecule has 2 heterocycles. The van der Waals surface area contributed by atoms with Crippen molar-refractivity contribution in [2.75, 3.05) is 13.1 Å². The molecule has 2 nitrogen and oxygen atoms in total. The summed E-state index contributed by atoms with van der Waals surface area (Å²) < 4.78 is 0. The van der Waals surface area contributed by atoms with Crippen molar-refractivity contribution in [1.82, 2.24) is 9.88 Å². The minimum absolute atomic E-state index is 0.625. The molecule has 2 heteroatoms. The van der Waals surface area contributed by atoms with E-state index in [0.29, 0.717) is 12.0 Å². The molecule has 0 amide bonds. The summed E-state index contributed by atoms with van der Waals surface area (Å²) in [6.45, 7) is 9.37. The molecule has 0 fully saturated rings. The molecule has 84 valence electrons. The summed E-state index contributed by atoms with van der Waals surface area (Å²) in [5.41, 5.74) is 2.99. The molecule has 0 unspecified atom stereocenters. The predicted molar refractivity (Wildman–Crippen MR) is 63.9 cm³/mol. The molecule has 0 aromatic carbocycles. The fraction of sp³-hybridized carbons (Fsp3) is 0.692.